The molecule has 0 fully saturated rings. The molecule has 1 aromatic heterocycles. The maximum Gasteiger partial charge on any atom is 0.129 e. The summed E-state index contributed by atoms with van der Waals surface area (Å²) in [5, 5.41) is 3.90. The second kappa shape index (κ2) is 5.65. The molecule has 0 saturated carbocycles. The van der Waals surface area contributed by atoms with Crippen LogP contribution in [0.1, 0.15) is 17.2 Å². The zero-order valence-corrected chi connectivity index (χ0v) is 11.1. The molecule has 1 unspecified atom stereocenters. The predicted molar refractivity (Wildman–Crippen MR) is 71.6 cm³/mol. The van der Waals surface area contributed by atoms with Crippen LogP contribution in [0.15, 0.2) is 36.7 Å². The van der Waals surface area contributed by atoms with Crippen LogP contribution in [-0.4, -0.2) is 12.0 Å². The van der Waals surface area contributed by atoms with Gasteiger partial charge in [0, 0.05) is 23.0 Å². The van der Waals surface area contributed by atoms with Gasteiger partial charge in [-0.2, -0.15) is 0 Å². The molecular weight excluding hydrogens is 274 g/mol. The van der Waals surface area contributed by atoms with Gasteiger partial charge in [0.1, 0.15) is 5.82 Å². The van der Waals surface area contributed by atoms with Crippen LogP contribution in [0, 0.1) is 5.82 Å². The highest BCUT2D eigenvalue weighted by Gasteiger charge is 2.18. The Hall–Kier alpha value is -1.16. The van der Waals surface area contributed by atoms with Crippen LogP contribution in [0.5, 0.6) is 0 Å². The van der Waals surface area contributed by atoms with Crippen molar-refractivity contribution >= 4 is 23.2 Å². The minimum atomic E-state index is -0.366. The van der Waals surface area contributed by atoms with Gasteiger partial charge in [0.25, 0.3) is 0 Å². The Bertz CT molecular complexity index is 560. The van der Waals surface area contributed by atoms with Crippen LogP contribution in [0.3, 0.4) is 0 Å². The second-order valence-corrected chi connectivity index (χ2v) is 4.63. The molecule has 2 rings (SSSR count). The van der Waals surface area contributed by atoms with Crippen molar-refractivity contribution in [1.29, 1.82) is 0 Å². The van der Waals surface area contributed by atoms with E-state index >= 15 is 0 Å². The smallest absolute Gasteiger partial charge is 0.129 e. The van der Waals surface area contributed by atoms with E-state index in [0.717, 1.165) is 5.56 Å². The van der Waals surface area contributed by atoms with Gasteiger partial charge in [0.05, 0.1) is 11.1 Å². The Labute approximate surface area is 115 Å². The van der Waals surface area contributed by atoms with Crippen molar-refractivity contribution in [3.8, 4) is 0 Å². The van der Waals surface area contributed by atoms with Crippen LogP contribution >= 0.6 is 23.2 Å². The highest BCUT2D eigenvalue weighted by atomic mass is 35.5. The zero-order valence-electron chi connectivity index (χ0n) is 9.62. The normalized spacial score (nSPS) is 12.4. The zero-order chi connectivity index (χ0) is 13.1. The van der Waals surface area contributed by atoms with E-state index in [1.807, 2.05) is 0 Å². The highest BCUT2D eigenvalue weighted by Crippen LogP contribution is 2.29. The summed E-state index contributed by atoms with van der Waals surface area (Å²) < 4.78 is 13.9. The lowest BCUT2D eigenvalue weighted by atomic mass is 9.99. The number of aromatic nitrogens is 1. The largest absolute Gasteiger partial charge is 0.309 e. The van der Waals surface area contributed by atoms with Gasteiger partial charge in [-0.05, 0) is 30.8 Å². The molecule has 18 heavy (non-hydrogen) atoms. The van der Waals surface area contributed by atoms with E-state index in [0.29, 0.717) is 15.6 Å². The third-order valence-electron chi connectivity index (χ3n) is 2.68. The maximum absolute atomic E-state index is 13.9. The van der Waals surface area contributed by atoms with Gasteiger partial charge >= 0.3 is 0 Å². The summed E-state index contributed by atoms with van der Waals surface area (Å²) in [5.74, 6) is -0.366. The third-order valence-corrected chi connectivity index (χ3v) is 3.23. The number of nitrogens with one attached hydrogen (secondary N) is 1. The molecule has 94 valence electrons. The molecule has 5 heteroatoms. The lowest BCUT2D eigenvalue weighted by Gasteiger charge is -2.19. The quantitative estimate of drug-likeness (QED) is 0.926. The minimum absolute atomic E-state index is 0.335. The molecule has 2 nitrogen and oxygen atoms in total. The summed E-state index contributed by atoms with van der Waals surface area (Å²) in [7, 11) is 1.75. The summed E-state index contributed by atoms with van der Waals surface area (Å²) in [6, 6.07) is 6.01. The van der Waals surface area contributed by atoms with E-state index in [4.69, 9.17) is 23.2 Å². The maximum atomic E-state index is 13.9. The Morgan fingerprint density at radius 1 is 1.22 bits per heavy atom. The van der Waals surface area contributed by atoms with Crippen molar-refractivity contribution in [2.45, 2.75) is 6.04 Å². The fourth-order valence-electron chi connectivity index (χ4n) is 1.83. The number of hydrogen-bond donors (Lipinski definition) is 1. The molecule has 1 N–H and O–H groups in total. The number of hydrogen-bond acceptors (Lipinski definition) is 2. The van der Waals surface area contributed by atoms with Crippen molar-refractivity contribution in [3.05, 3.63) is 63.6 Å². The van der Waals surface area contributed by atoms with E-state index < -0.39 is 0 Å². The monoisotopic (exact) mass is 284 g/mol. The number of nitrogens with zero attached hydrogens (tertiary/aromatic N) is 1. The molecule has 1 atom stereocenters. The average Bonchev–Trinajstić information content (AvgIpc) is 2.34. The van der Waals surface area contributed by atoms with Gasteiger partial charge in [0.15, 0.2) is 0 Å². The Kier molecular flexibility index (Phi) is 4.17. The predicted octanol–water partition coefficient (Wildman–Crippen LogP) is 3.84. The molecule has 0 bridgehead atoms. The summed E-state index contributed by atoms with van der Waals surface area (Å²) in [4.78, 5) is 3.92. The van der Waals surface area contributed by atoms with E-state index in [1.54, 1.807) is 31.4 Å². The summed E-state index contributed by atoms with van der Waals surface area (Å²) in [6.45, 7) is 0. The molecule has 0 spiro atoms. The average molecular weight is 285 g/mol. The highest BCUT2D eigenvalue weighted by molar-refractivity contribution is 6.31. The first-order valence-electron chi connectivity index (χ1n) is 5.35. The number of halogens is 3. The van der Waals surface area contributed by atoms with Gasteiger partial charge in [-0.15, -0.1) is 0 Å². The fourth-order valence-corrected chi connectivity index (χ4v) is 2.22. The first-order chi connectivity index (χ1) is 8.63. The van der Waals surface area contributed by atoms with Crippen LogP contribution < -0.4 is 5.32 Å². The van der Waals surface area contributed by atoms with Crippen molar-refractivity contribution in [1.82, 2.24) is 10.3 Å². The fraction of sp³-hybridized carbons (Fsp3) is 0.154. The third kappa shape index (κ3) is 2.64. The molecule has 0 radical (unpaired) electrons. The van der Waals surface area contributed by atoms with Gasteiger partial charge < -0.3 is 5.32 Å². The van der Waals surface area contributed by atoms with Crippen molar-refractivity contribution in [2.75, 3.05) is 7.05 Å². The topological polar surface area (TPSA) is 24.9 Å². The van der Waals surface area contributed by atoms with Gasteiger partial charge in [-0.3, -0.25) is 4.98 Å². The Morgan fingerprint density at radius 2 is 2.00 bits per heavy atom. The van der Waals surface area contributed by atoms with Gasteiger partial charge in [0.2, 0.25) is 0 Å². The summed E-state index contributed by atoms with van der Waals surface area (Å²) >= 11 is 11.8. The summed E-state index contributed by atoms with van der Waals surface area (Å²) in [6.07, 6.45) is 3.16. The molecule has 0 aliphatic heterocycles. The van der Waals surface area contributed by atoms with Gasteiger partial charge in [-0.25, -0.2) is 4.39 Å². The molecule has 1 heterocycles. The van der Waals surface area contributed by atoms with Crippen LogP contribution in [0.2, 0.25) is 10.0 Å². The molecule has 0 saturated heterocycles. The van der Waals surface area contributed by atoms with E-state index in [2.05, 4.69) is 10.3 Å². The lowest BCUT2D eigenvalue weighted by Crippen LogP contribution is -2.19. The Morgan fingerprint density at radius 3 is 2.61 bits per heavy atom. The number of rotatable bonds is 3. The number of benzene rings is 1. The molecule has 0 aliphatic rings. The first-order valence-corrected chi connectivity index (χ1v) is 6.10. The Balaban J connectivity index is 2.49. The van der Waals surface area contributed by atoms with Gasteiger partial charge in [-0.1, -0.05) is 29.3 Å². The summed E-state index contributed by atoms with van der Waals surface area (Å²) in [5.41, 5.74) is 1.27. The molecule has 1 aromatic carbocycles. The van der Waals surface area contributed by atoms with Crippen LogP contribution in [-0.2, 0) is 0 Å². The van der Waals surface area contributed by atoms with E-state index in [-0.39, 0.29) is 11.9 Å². The molecule has 0 amide bonds. The van der Waals surface area contributed by atoms with Crippen LogP contribution in [0.25, 0.3) is 0 Å². The van der Waals surface area contributed by atoms with Crippen molar-refractivity contribution in [3.63, 3.8) is 0 Å². The van der Waals surface area contributed by atoms with E-state index in [9.17, 15) is 4.39 Å². The SMILES string of the molecule is CNC(c1ccc(Cl)cc1F)c1ccncc1Cl. The number of pyridine rings is 1. The van der Waals surface area contributed by atoms with Crippen molar-refractivity contribution < 1.29 is 4.39 Å². The molecule has 2 aromatic rings. The standard InChI is InChI=1S/C13H11Cl2FN2/c1-17-13(9-4-5-18-7-11(9)15)10-3-2-8(14)6-12(10)16/h2-7,13,17H,1H3. The second-order valence-electron chi connectivity index (χ2n) is 3.78. The molecule has 0 aliphatic carbocycles. The lowest BCUT2D eigenvalue weighted by molar-refractivity contribution is 0.576. The first kappa shape index (κ1) is 13.3. The van der Waals surface area contributed by atoms with Crippen molar-refractivity contribution in [2.24, 2.45) is 0 Å². The van der Waals surface area contributed by atoms with E-state index in [1.165, 1.54) is 12.3 Å². The molecular formula is C13H11Cl2FN2. The minimum Gasteiger partial charge on any atom is -0.309 e. The van der Waals surface area contributed by atoms with Crippen LogP contribution in [0.4, 0.5) is 4.39 Å².